The summed E-state index contributed by atoms with van der Waals surface area (Å²) in [6, 6.07) is 10.4. The number of para-hydroxylation sites is 1. The summed E-state index contributed by atoms with van der Waals surface area (Å²) in [5.74, 6) is -1.68. The molecule has 0 radical (unpaired) electrons. The van der Waals surface area contributed by atoms with Crippen molar-refractivity contribution in [3.8, 4) is 0 Å². The summed E-state index contributed by atoms with van der Waals surface area (Å²) in [5, 5.41) is -0.106. The van der Waals surface area contributed by atoms with Crippen LogP contribution in [0.25, 0.3) is 0 Å². The highest BCUT2D eigenvalue weighted by molar-refractivity contribution is 7.92. The van der Waals surface area contributed by atoms with Crippen LogP contribution in [0.2, 0.25) is 5.02 Å². The van der Waals surface area contributed by atoms with Gasteiger partial charge in [-0.05, 0) is 29.8 Å². The van der Waals surface area contributed by atoms with Crippen LogP contribution in [0.4, 0.5) is 15.8 Å². The van der Waals surface area contributed by atoms with Crippen LogP contribution in [0.15, 0.2) is 42.5 Å². The normalized spacial score (nSPS) is 16.7. The Morgan fingerprint density at radius 3 is 2.72 bits per heavy atom. The van der Waals surface area contributed by atoms with Gasteiger partial charge in [0.2, 0.25) is 10.0 Å². The maximum Gasteiger partial charge on any atom is 0.311 e. The number of esters is 1. The minimum atomic E-state index is -3.51. The van der Waals surface area contributed by atoms with Gasteiger partial charge in [0, 0.05) is 18.7 Å². The molecule has 1 atom stereocenters. The molecule has 1 aliphatic heterocycles. The number of carbonyl (C=O) groups excluding carboxylic acids is 2. The Labute approximate surface area is 172 Å². The maximum atomic E-state index is 13.3. The van der Waals surface area contributed by atoms with E-state index < -0.39 is 33.8 Å². The van der Waals surface area contributed by atoms with E-state index in [1.807, 2.05) is 0 Å². The number of nitrogens with one attached hydrogen (secondary N) is 1. The zero-order chi connectivity index (χ0) is 21.2. The van der Waals surface area contributed by atoms with Crippen LogP contribution in [0.5, 0.6) is 0 Å². The van der Waals surface area contributed by atoms with Crippen molar-refractivity contribution < 1.29 is 27.1 Å². The smallest absolute Gasteiger partial charge is 0.311 e. The standard InChI is InChI=1S/C19H18ClFN2O5S/c1-29(26,27)22-16-5-3-2-4-12(16)10-18(24)28-17-8-9-23(19(17)25)13-6-7-15(21)14(20)11-13/h2-7,11,17,22H,8-10H2,1H3. The molecule has 1 unspecified atom stereocenters. The monoisotopic (exact) mass is 440 g/mol. The first-order chi connectivity index (χ1) is 13.6. The minimum absolute atomic E-state index is 0.106. The summed E-state index contributed by atoms with van der Waals surface area (Å²) in [6.07, 6.45) is 0.116. The van der Waals surface area contributed by atoms with Gasteiger partial charge < -0.3 is 9.64 Å². The fourth-order valence-electron chi connectivity index (χ4n) is 3.00. The first kappa shape index (κ1) is 21.1. The zero-order valence-electron chi connectivity index (χ0n) is 15.4. The Bertz CT molecular complexity index is 1060. The number of halogens is 2. The second kappa shape index (κ2) is 8.38. The van der Waals surface area contributed by atoms with Gasteiger partial charge in [0.15, 0.2) is 6.10 Å². The number of anilines is 2. The van der Waals surface area contributed by atoms with Gasteiger partial charge in [-0.3, -0.25) is 14.3 Å². The molecule has 0 aromatic heterocycles. The predicted octanol–water partition coefficient (Wildman–Crippen LogP) is 2.74. The molecular weight excluding hydrogens is 423 g/mol. The Balaban J connectivity index is 1.66. The van der Waals surface area contributed by atoms with Gasteiger partial charge in [-0.1, -0.05) is 29.8 Å². The predicted molar refractivity (Wildman–Crippen MR) is 107 cm³/mol. The second-order valence-electron chi connectivity index (χ2n) is 6.56. The van der Waals surface area contributed by atoms with E-state index in [0.29, 0.717) is 17.8 Å². The Kier molecular flexibility index (Phi) is 6.09. The summed E-state index contributed by atoms with van der Waals surface area (Å²) in [6.45, 7) is 0.297. The largest absolute Gasteiger partial charge is 0.452 e. The molecule has 10 heteroatoms. The van der Waals surface area contributed by atoms with E-state index in [9.17, 15) is 22.4 Å². The van der Waals surface area contributed by atoms with E-state index in [-0.39, 0.29) is 23.6 Å². The molecule has 2 aromatic rings. The highest BCUT2D eigenvalue weighted by Crippen LogP contribution is 2.27. The molecule has 0 aliphatic carbocycles. The third-order valence-corrected chi connectivity index (χ3v) is 5.17. The summed E-state index contributed by atoms with van der Waals surface area (Å²) in [5.41, 5.74) is 1.12. The molecular formula is C19H18ClFN2O5S. The average Bonchev–Trinajstić information content (AvgIpc) is 2.98. The number of ether oxygens (including phenoxy) is 1. The lowest BCUT2D eigenvalue weighted by Crippen LogP contribution is -2.32. The van der Waals surface area contributed by atoms with Crippen molar-refractivity contribution in [1.82, 2.24) is 0 Å². The molecule has 29 heavy (non-hydrogen) atoms. The molecule has 1 aliphatic rings. The number of sulfonamides is 1. The van der Waals surface area contributed by atoms with Gasteiger partial charge in [0.1, 0.15) is 5.82 Å². The summed E-state index contributed by atoms with van der Waals surface area (Å²) in [7, 11) is -3.51. The highest BCUT2D eigenvalue weighted by atomic mass is 35.5. The molecule has 154 valence electrons. The summed E-state index contributed by atoms with van der Waals surface area (Å²) in [4.78, 5) is 26.3. The number of carbonyl (C=O) groups is 2. The van der Waals surface area contributed by atoms with Crippen molar-refractivity contribution in [2.75, 3.05) is 22.4 Å². The molecule has 2 aromatic carbocycles. The van der Waals surface area contributed by atoms with Gasteiger partial charge in [0.05, 0.1) is 23.4 Å². The number of nitrogens with zero attached hydrogens (tertiary/aromatic N) is 1. The first-order valence-electron chi connectivity index (χ1n) is 8.65. The van der Waals surface area contributed by atoms with Gasteiger partial charge in [0.25, 0.3) is 5.91 Å². The van der Waals surface area contributed by atoms with Crippen molar-refractivity contribution in [1.29, 1.82) is 0 Å². The number of amides is 1. The molecule has 0 saturated carbocycles. The molecule has 1 fully saturated rings. The van der Waals surface area contributed by atoms with E-state index in [1.165, 1.54) is 23.1 Å². The molecule has 3 rings (SSSR count). The van der Waals surface area contributed by atoms with Crippen molar-refractivity contribution >= 4 is 44.9 Å². The van der Waals surface area contributed by atoms with Crippen molar-refractivity contribution in [3.05, 3.63) is 58.9 Å². The topological polar surface area (TPSA) is 92.8 Å². The van der Waals surface area contributed by atoms with Gasteiger partial charge in [-0.15, -0.1) is 0 Å². The molecule has 1 heterocycles. The zero-order valence-corrected chi connectivity index (χ0v) is 17.0. The average molecular weight is 441 g/mol. The lowest BCUT2D eigenvalue weighted by atomic mass is 10.1. The number of hydrogen-bond donors (Lipinski definition) is 1. The highest BCUT2D eigenvalue weighted by Gasteiger charge is 2.35. The lowest BCUT2D eigenvalue weighted by Gasteiger charge is -2.17. The molecule has 0 bridgehead atoms. The Morgan fingerprint density at radius 2 is 2.03 bits per heavy atom. The van der Waals surface area contributed by atoms with Crippen LogP contribution in [0, 0.1) is 5.82 Å². The maximum absolute atomic E-state index is 13.3. The van der Waals surface area contributed by atoms with E-state index >= 15 is 0 Å². The molecule has 1 amide bonds. The van der Waals surface area contributed by atoms with Crippen LogP contribution in [-0.2, 0) is 30.8 Å². The molecule has 1 N–H and O–H groups in total. The summed E-state index contributed by atoms with van der Waals surface area (Å²) < 4.78 is 43.9. The van der Waals surface area contributed by atoms with Gasteiger partial charge in [-0.25, -0.2) is 12.8 Å². The third-order valence-electron chi connectivity index (χ3n) is 4.29. The number of rotatable bonds is 6. The van der Waals surface area contributed by atoms with Crippen LogP contribution in [0.3, 0.4) is 0 Å². The second-order valence-corrected chi connectivity index (χ2v) is 8.72. The van der Waals surface area contributed by atoms with Crippen LogP contribution >= 0.6 is 11.6 Å². The van der Waals surface area contributed by atoms with Crippen LogP contribution < -0.4 is 9.62 Å². The van der Waals surface area contributed by atoms with E-state index in [1.54, 1.807) is 18.2 Å². The quantitative estimate of drug-likeness (QED) is 0.697. The fraction of sp³-hybridized carbons (Fsp3) is 0.263. The molecule has 1 saturated heterocycles. The van der Waals surface area contributed by atoms with E-state index in [2.05, 4.69) is 4.72 Å². The van der Waals surface area contributed by atoms with Gasteiger partial charge in [-0.2, -0.15) is 0 Å². The fourth-order valence-corrected chi connectivity index (χ4v) is 3.78. The number of hydrogen-bond acceptors (Lipinski definition) is 5. The van der Waals surface area contributed by atoms with Crippen molar-refractivity contribution in [3.63, 3.8) is 0 Å². The van der Waals surface area contributed by atoms with E-state index in [0.717, 1.165) is 12.3 Å². The van der Waals surface area contributed by atoms with Crippen molar-refractivity contribution in [2.24, 2.45) is 0 Å². The Hall–Kier alpha value is -2.65. The SMILES string of the molecule is CS(=O)(=O)Nc1ccccc1CC(=O)OC1CCN(c2ccc(F)c(Cl)c2)C1=O. The lowest BCUT2D eigenvalue weighted by molar-refractivity contribution is -0.152. The van der Waals surface area contributed by atoms with Crippen LogP contribution in [-0.4, -0.2) is 39.2 Å². The first-order valence-corrected chi connectivity index (χ1v) is 10.9. The third kappa shape index (κ3) is 5.24. The molecule has 0 spiro atoms. The minimum Gasteiger partial charge on any atom is -0.452 e. The van der Waals surface area contributed by atoms with Gasteiger partial charge >= 0.3 is 5.97 Å². The van der Waals surface area contributed by atoms with E-state index in [4.69, 9.17) is 16.3 Å². The number of benzene rings is 2. The van der Waals surface area contributed by atoms with Crippen LogP contribution in [0.1, 0.15) is 12.0 Å². The Morgan fingerprint density at radius 1 is 1.31 bits per heavy atom. The molecule has 7 nitrogen and oxygen atoms in total. The van der Waals surface area contributed by atoms with Crippen molar-refractivity contribution in [2.45, 2.75) is 18.9 Å². The summed E-state index contributed by atoms with van der Waals surface area (Å²) >= 11 is 5.76.